The lowest BCUT2D eigenvalue weighted by Gasteiger charge is -2.33. The number of hydrogen-bond donors (Lipinski definition) is 0. The molecule has 29 heavy (non-hydrogen) atoms. The van der Waals surface area contributed by atoms with E-state index in [1.54, 1.807) is 0 Å². The number of piperazine rings is 1. The Kier molecular flexibility index (Phi) is 5.01. The molecule has 0 N–H and O–H groups in total. The highest BCUT2D eigenvalue weighted by molar-refractivity contribution is 6.30. The molecule has 4 heterocycles. The van der Waals surface area contributed by atoms with E-state index in [2.05, 4.69) is 30.5 Å². The molecule has 0 aliphatic carbocycles. The number of benzene rings is 1. The van der Waals surface area contributed by atoms with Gasteiger partial charge in [-0.1, -0.05) is 35.0 Å². The van der Waals surface area contributed by atoms with E-state index in [0.29, 0.717) is 23.3 Å². The maximum Gasteiger partial charge on any atom is 0.241 e. The van der Waals surface area contributed by atoms with Gasteiger partial charge in [-0.25, -0.2) is 4.98 Å². The molecular weight excluding hydrogens is 388 g/mol. The lowest BCUT2D eigenvalue weighted by Crippen LogP contribution is -2.45. The summed E-state index contributed by atoms with van der Waals surface area (Å²) in [5.74, 6) is 1.21. The maximum atomic E-state index is 6.05. The van der Waals surface area contributed by atoms with Gasteiger partial charge in [-0.3, -0.25) is 9.80 Å². The smallest absolute Gasteiger partial charge is 0.241 e. The first kappa shape index (κ1) is 18.3. The minimum absolute atomic E-state index is 0.577. The Morgan fingerprint density at radius 3 is 2.55 bits per heavy atom. The van der Waals surface area contributed by atoms with Crippen molar-refractivity contribution in [3.05, 3.63) is 71.5 Å². The SMILES string of the molecule is Clc1cccc(-c2noc(CN3CCN(Cc4cn5ccccc5n4)CC3)n2)c1. The van der Waals surface area contributed by atoms with Crippen LogP contribution in [-0.4, -0.2) is 55.5 Å². The van der Waals surface area contributed by atoms with Crippen LogP contribution in [0.5, 0.6) is 0 Å². The molecule has 5 rings (SSSR count). The highest BCUT2D eigenvalue weighted by Gasteiger charge is 2.20. The minimum atomic E-state index is 0.577. The fraction of sp³-hybridized carbons (Fsp3) is 0.286. The van der Waals surface area contributed by atoms with Crippen molar-refractivity contribution in [3.8, 4) is 11.4 Å². The molecule has 0 saturated carbocycles. The Balaban J connectivity index is 1.16. The lowest BCUT2D eigenvalue weighted by atomic mass is 10.2. The van der Waals surface area contributed by atoms with Crippen LogP contribution in [0.15, 0.2) is 59.4 Å². The van der Waals surface area contributed by atoms with E-state index >= 15 is 0 Å². The zero-order valence-electron chi connectivity index (χ0n) is 15.9. The second-order valence-electron chi connectivity index (χ2n) is 7.27. The third-order valence-corrected chi connectivity index (χ3v) is 5.41. The largest absolute Gasteiger partial charge is 0.338 e. The normalized spacial score (nSPS) is 15.9. The van der Waals surface area contributed by atoms with Gasteiger partial charge in [0, 0.05) is 55.7 Å². The summed E-state index contributed by atoms with van der Waals surface area (Å²) in [5.41, 5.74) is 2.96. The summed E-state index contributed by atoms with van der Waals surface area (Å²) in [5, 5.41) is 4.75. The van der Waals surface area contributed by atoms with Crippen LogP contribution < -0.4 is 0 Å². The Hall–Kier alpha value is -2.74. The number of rotatable bonds is 5. The van der Waals surface area contributed by atoms with E-state index in [0.717, 1.165) is 49.6 Å². The number of aromatic nitrogens is 4. The molecule has 0 amide bonds. The van der Waals surface area contributed by atoms with Crippen LogP contribution in [0.2, 0.25) is 5.02 Å². The van der Waals surface area contributed by atoms with Gasteiger partial charge in [0.05, 0.1) is 12.2 Å². The molecule has 1 aromatic carbocycles. The molecule has 1 aliphatic rings. The molecule has 0 bridgehead atoms. The third kappa shape index (κ3) is 4.17. The molecule has 1 fully saturated rings. The number of halogens is 1. The second-order valence-corrected chi connectivity index (χ2v) is 7.71. The van der Waals surface area contributed by atoms with Crippen molar-refractivity contribution in [2.45, 2.75) is 13.1 Å². The van der Waals surface area contributed by atoms with Gasteiger partial charge in [0.25, 0.3) is 0 Å². The van der Waals surface area contributed by atoms with Crippen LogP contribution in [0.3, 0.4) is 0 Å². The molecule has 148 valence electrons. The number of pyridine rings is 1. The Morgan fingerprint density at radius 1 is 0.931 bits per heavy atom. The monoisotopic (exact) mass is 408 g/mol. The van der Waals surface area contributed by atoms with Crippen LogP contribution in [0.1, 0.15) is 11.6 Å². The Bertz CT molecular complexity index is 1080. The van der Waals surface area contributed by atoms with Crippen molar-refractivity contribution in [1.82, 2.24) is 29.3 Å². The minimum Gasteiger partial charge on any atom is -0.338 e. The summed E-state index contributed by atoms with van der Waals surface area (Å²) in [7, 11) is 0. The number of nitrogens with zero attached hydrogens (tertiary/aromatic N) is 6. The lowest BCUT2D eigenvalue weighted by molar-refractivity contribution is 0.111. The van der Waals surface area contributed by atoms with Crippen LogP contribution in [0, 0.1) is 0 Å². The first-order chi connectivity index (χ1) is 14.2. The highest BCUT2D eigenvalue weighted by atomic mass is 35.5. The highest BCUT2D eigenvalue weighted by Crippen LogP contribution is 2.20. The van der Waals surface area contributed by atoms with Gasteiger partial charge in [0.15, 0.2) is 0 Å². The van der Waals surface area contributed by atoms with Crippen LogP contribution in [0.4, 0.5) is 0 Å². The van der Waals surface area contributed by atoms with Crippen molar-refractivity contribution in [2.75, 3.05) is 26.2 Å². The first-order valence-corrected chi connectivity index (χ1v) is 10.1. The standard InChI is InChI=1S/C21H21ClN6O/c22-17-5-3-4-16(12-17)21-24-20(29-25-21)15-27-10-8-26(9-11-27)13-18-14-28-7-2-1-6-19(28)23-18/h1-7,12,14H,8-11,13,15H2. The first-order valence-electron chi connectivity index (χ1n) is 9.69. The van der Waals surface area contributed by atoms with Gasteiger partial charge >= 0.3 is 0 Å². The molecule has 8 heteroatoms. The number of fused-ring (bicyclic) bond motifs is 1. The number of hydrogen-bond acceptors (Lipinski definition) is 6. The molecule has 7 nitrogen and oxygen atoms in total. The topological polar surface area (TPSA) is 62.7 Å². The molecule has 1 aliphatic heterocycles. The van der Waals surface area contributed by atoms with Gasteiger partial charge in [0.2, 0.25) is 11.7 Å². The third-order valence-electron chi connectivity index (χ3n) is 5.17. The van der Waals surface area contributed by atoms with Gasteiger partial charge in [-0.05, 0) is 24.3 Å². The Labute approximate surface area is 173 Å². The average molecular weight is 409 g/mol. The molecule has 4 aromatic rings. The summed E-state index contributed by atoms with van der Waals surface area (Å²) in [6.07, 6.45) is 4.14. The predicted octanol–water partition coefficient (Wildman–Crippen LogP) is 3.36. The maximum absolute atomic E-state index is 6.05. The molecule has 0 spiro atoms. The number of imidazole rings is 1. The fourth-order valence-corrected chi connectivity index (χ4v) is 3.84. The molecule has 0 atom stereocenters. The zero-order valence-corrected chi connectivity index (χ0v) is 16.7. The molecular formula is C21H21ClN6O. The van der Waals surface area contributed by atoms with Crippen molar-refractivity contribution in [3.63, 3.8) is 0 Å². The molecule has 0 unspecified atom stereocenters. The van der Waals surface area contributed by atoms with Gasteiger partial charge in [-0.2, -0.15) is 4.98 Å². The fourth-order valence-electron chi connectivity index (χ4n) is 3.65. The van der Waals surface area contributed by atoms with Crippen LogP contribution in [-0.2, 0) is 13.1 Å². The van der Waals surface area contributed by atoms with E-state index in [4.69, 9.17) is 21.1 Å². The van der Waals surface area contributed by atoms with E-state index in [1.165, 1.54) is 0 Å². The van der Waals surface area contributed by atoms with E-state index in [9.17, 15) is 0 Å². The summed E-state index contributed by atoms with van der Waals surface area (Å²) in [6.45, 7) is 5.43. The van der Waals surface area contributed by atoms with Crippen LogP contribution in [0.25, 0.3) is 17.0 Å². The van der Waals surface area contributed by atoms with Gasteiger partial charge in [0.1, 0.15) is 5.65 Å². The molecule has 3 aromatic heterocycles. The van der Waals surface area contributed by atoms with Gasteiger partial charge in [-0.15, -0.1) is 0 Å². The second kappa shape index (κ2) is 7.94. The summed E-state index contributed by atoms with van der Waals surface area (Å²) < 4.78 is 7.51. The van der Waals surface area contributed by atoms with Gasteiger partial charge < -0.3 is 8.92 Å². The Morgan fingerprint density at radius 2 is 1.76 bits per heavy atom. The van der Waals surface area contributed by atoms with E-state index < -0.39 is 0 Å². The molecule has 1 saturated heterocycles. The van der Waals surface area contributed by atoms with Crippen LogP contribution >= 0.6 is 11.6 Å². The van der Waals surface area contributed by atoms with E-state index in [-0.39, 0.29) is 0 Å². The average Bonchev–Trinajstić information content (AvgIpc) is 3.36. The summed E-state index contributed by atoms with van der Waals surface area (Å²) >= 11 is 6.05. The molecule has 0 radical (unpaired) electrons. The summed E-state index contributed by atoms with van der Waals surface area (Å²) in [4.78, 5) is 14.0. The predicted molar refractivity (Wildman–Crippen MR) is 110 cm³/mol. The quantitative estimate of drug-likeness (QED) is 0.504. The summed E-state index contributed by atoms with van der Waals surface area (Å²) in [6, 6.07) is 13.6. The van der Waals surface area contributed by atoms with Crippen molar-refractivity contribution >= 4 is 17.2 Å². The zero-order chi connectivity index (χ0) is 19.6. The van der Waals surface area contributed by atoms with Crippen molar-refractivity contribution in [1.29, 1.82) is 0 Å². The van der Waals surface area contributed by atoms with Crippen molar-refractivity contribution < 1.29 is 4.52 Å². The van der Waals surface area contributed by atoms with E-state index in [1.807, 2.05) is 48.7 Å². The van der Waals surface area contributed by atoms with Crippen molar-refractivity contribution in [2.24, 2.45) is 0 Å².